The third-order valence-electron chi connectivity index (χ3n) is 4.31. The highest BCUT2D eigenvalue weighted by Crippen LogP contribution is 2.25. The van der Waals surface area contributed by atoms with Gasteiger partial charge in [-0.25, -0.2) is 0 Å². The van der Waals surface area contributed by atoms with Crippen LogP contribution in [-0.2, 0) is 22.6 Å². The molecule has 4 nitrogen and oxygen atoms in total. The molecule has 1 aromatic heterocycles. The molecule has 0 fully saturated rings. The number of nitrogens with zero attached hydrogens (tertiary/aromatic N) is 1. The van der Waals surface area contributed by atoms with E-state index in [0.29, 0.717) is 26.2 Å². The summed E-state index contributed by atoms with van der Waals surface area (Å²) >= 11 is 3.59. The minimum atomic E-state index is -1.19. The zero-order chi connectivity index (χ0) is 19.3. The second kappa shape index (κ2) is 9.02. The Balaban J connectivity index is 1.63. The average molecular weight is 432 g/mol. The average Bonchev–Trinajstić information content (AvgIpc) is 3.02. The van der Waals surface area contributed by atoms with Crippen LogP contribution in [0, 0.1) is 0 Å². The van der Waals surface area contributed by atoms with Crippen LogP contribution < -0.4 is 0 Å². The van der Waals surface area contributed by atoms with Crippen LogP contribution in [0.2, 0.25) is 0 Å². The first-order valence-electron chi connectivity index (χ1n) is 9.17. The molecule has 0 saturated heterocycles. The van der Waals surface area contributed by atoms with E-state index in [1.165, 1.54) is 5.39 Å². The fourth-order valence-corrected chi connectivity index (χ4v) is 3.63. The summed E-state index contributed by atoms with van der Waals surface area (Å²) in [5.74, 6) is -1.19. The molecule has 0 amide bonds. The molecule has 1 N–H and O–H groups in total. The Hall–Kier alpha value is -1.66. The number of hydrogen-bond donors (Lipinski definition) is 1. The third kappa shape index (κ3) is 5.91. The Kier molecular flexibility index (Phi) is 6.71. The van der Waals surface area contributed by atoms with E-state index in [9.17, 15) is 5.11 Å². The first-order chi connectivity index (χ1) is 12.9. The predicted molar refractivity (Wildman–Crippen MR) is 112 cm³/mol. The molecule has 0 saturated carbocycles. The van der Waals surface area contributed by atoms with E-state index in [1.807, 2.05) is 30.3 Å². The molecule has 0 unspecified atom stereocenters. The summed E-state index contributed by atoms with van der Waals surface area (Å²) < 4.78 is 14.9. The van der Waals surface area contributed by atoms with Gasteiger partial charge in [-0.3, -0.25) is 0 Å². The number of rotatable bonds is 9. The van der Waals surface area contributed by atoms with Crippen molar-refractivity contribution in [2.75, 3.05) is 6.61 Å². The van der Waals surface area contributed by atoms with E-state index in [-0.39, 0.29) is 6.10 Å². The number of ether oxygens (including phenoxy) is 2. The maximum absolute atomic E-state index is 10.1. The van der Waals surface area contributed by atoms with Gasteiger partial charge in [0.2, 0.25) is 0 Å². The summed E-state index contributed by atoms with van der Waals surface area (Å²) in [4.78, 5) is 0. The number of aliphatic hydroxyl groups is 1. The fraction of sp³-hybridized carbons (Fsp3) is 0.364. The molecule has 2 aromatic carbocycles. The molecule has 0 radical (unpaired) electrons. The van der Waals surface area contributed by atoms with Crippen LogP contribution in [0.25, 0.3) is 10.9 Å². The molecule has 0 spiro atoms. The Morgan fingerprint density at radius 2 is 1.85 bits per heavy atom. The summed E-state index contributed by atoms with van der Waals surface area (Å²) in [6, 6.07) is 18.4. The summed E-state index contributed by atoms with van der Waals surface area (Å²) in [6.45, 7) is 5.12. The lowest BCUT2D eigenvalue weighted by atomic mass is 10.2. The first kappa shape index (κ1) is 20.1. The molecule has 144 valence electrons. The van der Waals surface area contributed by atoms with Crippen molar-refractivity contribution in [2.45, 2.75) is 45.3 Å². The molecular weight excluding hydrogens is 406 g/mol. The minimum Gasteiger partial charge on any atom is -0.377 e. The lowest BCUT2D eigenvalue weighted by molar-refractivity contribution is -0.211. The van der Waals surface area contributed by atoms with Gasteiger partial charge in [0, 0.05) is 34.7 Å². The summed E-state index contributed by atoms with van der Waals surface area (Å²) in [5, 5.41) is 11.3. The Bertz CT molecular complexity index is 855. The first-order valence-corrected chi connectivity index (χ1v) is 9.97. The standard InChI is InChI=1S/C22H26BrNO3/c1-22(2,25)27-18(12-14-26-16-17-7-4-3-5-8-17)15-24-13-11-19-20(23)9-6-10-21(19)24/h3-11,13,18,25H,12,14-16H2,1-2H3/t18-/m1/s1. The van der Waals surface area contributed by atoms with Crippen molar-refractivity contribution >= 4 is 26.8 Å². The van der Waals surface area contributed by atoms with E-state index in [4.69, 9.17) is 9.47 Å². The topological polar surface area (TPSA) is 43.6 Å². The largest absolute Gasteiger partial charge is 0.377 e. The van der Waals surface area contributed by atoms with Crippen molar-refractivity contribution in [3.63, 3.8) is 0 Å². The van der Waals surface area contributed by atoms with Gasteiger partial charge < -0.3 is 19.1 Å². The minimum absolute atomic E-state index is 0.157. The van der Waals surface area contributed by atoms with E-state index in [0.717, 1.165) is 15.6 Å². The van der Waals surface area contributed by atoms with Crippen LogP contribution in [0.1, 0.15) is 25.8 Å². The molecule has 3 aromatic rings. The SMILES string of the molecule is CC(C)(O)O[C@H](CCOCc1ccccc1)Cn1ccc2c(Br)cccc21. The fourth-order valence-electron chi connectivity index (χ4n) is 3.14. The normalized spacial score (nSPS) is 13.2. The quantitative estimate of drug-likeness (QED) is 0.377. The smallest absolute Gasteiger partial charge is 0.160 e. The van der Waals surface area contributed by atoms with Gasteiger partial charge in [-0.15, -0.1) is 0 Å². The van der Waals surface area contributed by atoms with E-state index < -0.39 is 5.79 Å². The predicted octanol–water partition coefficient (Wildman–Crippen LogP) is 5.12. The zero-order valence-corrected chi connectivity index (χ0v) is 17.4. The lowest BCUT2D eigenvalue weighted by Crippen LogP contribution is -2.33. The summed E-state index contributed by atoms with van der Waals surface area (Å²) in [6.07, 6.45) is 2.60. The van der Waals surface area contributed by atoms with Gasteiger partial charge in [0.1, 0.15) is 0 Å². The molecular formula is C22H26BrNO3. The molecule has 0 bridgehead atoms. The van der Waals surface area contributed by atoms with Crippen LogP contribution in [0.15, 0.2) is 65.3 Å². The van der Waals surface area contributed by atoms with Crippen molar-refractivity contribution in [2.24, 2.45) is 0 Å². The molecule has 0 aliphatic carbocycles. The zero-order valence-electron chi connectivity index (χ0n) is 15.8. The molecule has 5 heteroatoms. The summed E-state index contributed by atoms with van der Waals surface area (Å²) in [7, 11) is 0. The monoisotopic (exact) mass is 431 g/mol. The Labute approximate surface area is 168 Å². The second-order valence-electron chi connectivity index (χ2n) is 7.15. The van der Waals surface area contributed by atoms with Gasteiger partial charge in [-0.2, -0.15) is 0 Å². The molecule has 0 aliphatic rings. The van der Waals surface area contributed by atoms with Crippen LogP contribution in [-0.4, -0.2) is 28.2 Å². The van der Waals surface area contributed by atoms with Crippen LogP contribution >= 0.6 is 15.9 Å². The van der Waals surface area contributed by atoms with Gasteiger partial charge >= 0.3 is 0 Å². The number of benzene rings is 2. The molecule has 3 rings (SSSR count). The van der Waals surface area contributed by atoms with Crippen molar-refractivity contribution in [1.82, 2.24) is 4.57 Å². The van der Waals surface area contributed by atoms with Gasteiger partial charge in [0.05, 0.1) is 12.7 Å². The van der Waals surface area contributed by atoms with Crippen molar-refractivity contribution in [3.05, 3.63) is 70.8 Å². The van der Waals surface area contributed by atoms with Gasteiger partial charge in [-0.05, 0) is 44.0 Å². The van der Waals surface area contributed by atoms with E-state index >= 15 is 0 Å². The number of hydrogen-bond acceptors (Lipinski definition) is 3. The molecule has 0 aliphatic heterocycles. The maximum Gasteiger partial charge on any atom is 0.160 e. The number of fused-ring (bicyclic) bond motifs is 1. The summed E-state index contributed by atoms with van der Waals surface area (Å²) in [5.41, 5.74) is 2.29. The van der Waals surface area contributed by atoms with E-state index in [2.05, 4.69) is 51.0 Å². The molecule has 27 heavy (non-hydrogen) atoms. The van der Waals surface area contributed by atoms with Crippen LogP contribution in [0.4, 0.5) is 0 Å². The Morgan fingerprint density at radius 1 is 1.07 bits per heavy atom. The van der Waals surface area contributed by atoms with Crippen molar-refractivity contribution < 1.29 is 14.6 Å². The van der Waals surface area contributed by atoms with Gasteiger partial charge in [-0.1, -0.05) is 52.3 Å². The van der Waals surface area contributed by atoms with Gasteiger partial charge in [0.25, 0.3) is 0 Å². The van der Waals surface area contributed by atoms with E-state index in [1.54, 1.807) is 13.8 Å². The number of aromatic nitrogens is 1. The van der Waals surface area contributed by atoms with Gasteiger partial charge in [0.15, 0.2) is 5.79 Å². The molecule has 1 atom stereocenters. The van der Waals surface area contributed by atoms with Crippen LogP contribution in [0.5, 0.6) is 0 Å². The van der Waals surface area contributed by atoms with Crippen LogP contribution in [0.3, 0.4) is 0 Å². The third-order valence-corrected chi connectivity index (χ3v) is 5.00. The highest BCUT2D eigenvalue weighted by molar-refractivity contribution is 9.10. The van der Waals surface area contributed by atoms with Crippen molar-refractivity contribution in [3.8, 4) is 0 Å². The molecule has 1 heterocycles. The Morgan fingerprint density at radius 3 is 2.59 bits per heavy atom. The number of halogens is 1. The maximum atomic E-state index is 10.1. The lowest BCUT2D eigenvalue weighted by Gasteiger charge is -2.27. The highest BCUT2D eigenvalue weighted by atomic mass is 79.9. The second-order valence-corrected chi connectivity index (χ2v) is 8.01. The highest BCUT2D eigenvalue weighted by Gasteiger charge is 2.21. The van der Waals surface area contributed by atoms with Crippen molar-refractivity contribution in [1.29, 1.82) is 0 Å².